The van der Waals surface area contributed by atoms with Crippen LogP contribution in [0.15, 0.2) is 24.3 Å². The summed E-state index contributed by atoms with van der Waals surface area (Å²) in [5.74, 6) is -0.133. The lowest BCUT2D eigenvalue weighted by molar-refractivity contribution is -0.119. The number of rotatable bonds is 3. The van der Waals surface area contributed by atoms with Gasteiger partial charge in [-0.1, -0.05) is 17.7 Å². The molecular weight excluding hydrogens is 166 g/mol. The van der Waals surface area contributed by atoms with Crippen molar-refractivity contribution in [3.05, 3.63) is 29.8 Å². The Kier molecular flexibility index (Phi) is 3.46. The predicted octanol–water partition coefficient (Wildman–Crippen LogP) is 1.58. The topological polar surface area (TPSA) is 38.3 Å². The third-order valence-corrected chi connectivity index (χ3v) is 1.61. The number of nitrogens with one attached hydrogen (secondary N) is 1. The van der Waals surface area contributed by atoms with Crippen molar-refractivity contribution in [2.75, 3.05) is 19.0 Å². The zero-order chi connectivity index (χ0) is 9.68. The van der Waals surface area contributed by atoms with Crippen LogP contribution < -0.4 is 5.32 Å². The molecule has 0 bridgehead atoms. The largest absolute Gasteiger partial charge is 0.375 e. The molecule has 0 saturated carbocycles. The highest BCUT2D eigenvalue weighted by Crippen LogP contribution is 2.07. The Hall–Kier alpha value is -1.35. The van der Waals surface area contributed by atoms with Crippen molar-refractivity contribution in [3.63, 3.8) is 0 Å². The van der Waals surface area contributed by atoms with Gasteiger partial charge >= 0.3 is 0 Å². The lowest BCUT2D eigenvalue weighted by Crippen LogP contribution is -2.16. The Bertz CT molecular complexity index is 279. The molecule has 0 atom stereocenters. The zero-order valence-corrected chi connectivity index (χ0v) is 7.83. The molecule has 0 unspecified atom stereocenters. The van der Waals surface area contributed by atoms with Crippen molar-refractivity contribution in [1.29, 1.82) is 0 Å². The van der Waals surface area contributed by atoms with Crippen LogP contribution in [0.5, 0.6) is 0 Å². The smallest absolute Gasteiger partial charge is 0.250 e. The van der Waals surface area contributed by atoms with E-state index in [4.69, 9.17) is 0 Å². The number of hydrogen-bond acceptors (Lipinski definition) is 2. The molecule has 1 aromatic carbocycles. The molecule has 1 N–H and O–H groups in total. The minimum atomic E-state index is -0.133. The van der Waals surface area contributed by atoms with E-state index in [1.165, 1.54) is 12.7 Å². The van der Waals surface area contributed by atoms with E-state index in [0.717, 1.165) is 5.69 Å². The van der Waals surface area contributed by atoms with Gasteiger partial charge in [-0.05, 0) is 19.1 Å². The van der Waals surface area contributed by atoms with E-state index in [1.54, 1.807) is 0 Å². The third-order valence-electron chi connectivity index (χ3n) is 1.61. The van der Waals surface area contributed by atoms with Crippen LogP contribution in [0.25, 0.3) is 0 Å². The molecular formula is C10H13NO2. The summed E-state index contributed by atoms with van der Waals surface area (Å²) in [4.78, 5) is 11.1. The van der Waals surface area contributed by atoms with Crippen LogP contribution in [-0.4, -0.2) is 19.6 Å². The van der Waals surface area contributed by atoms with Crippen molar-refractivity contribution < 1.29 is 9.53 Å². The third kappa shape index (κ3) is 3.25. The first kappa shape index (κ1) is 9.74. The summed E-state index contributed by atoms with van der Waals surface area (Å²) in [6.07, 6.45) is 0. The van der Waals surface area contributed by atoms with Gasteiger partial charge in [0.15, 0.2) is 0 Å². The second-order valence-electron chi connectivity index (χ2n) is 2.85. The van der Waals surface area contributed by atoms with E-state index in [2.05, 4.69) is 10.1 Å². The SMILES string of the molecule is COCC(=O)Nc1ccc(C)cc1. The maximum Gasteiger partial charge on any atom is 0.250 e. The van der Waals surface area contributed by atoms with Gasteiger partial charge in [0.1, 0.15) is 6.61 Å². The molecule has 0 aromatic heterocycles. The van der Waals surface area contributed by atoms with Crippen LogP contribution in [0, 0.1) is 6.92 Å². The Morgan fingerprint density at radius 2 is 2.00 bits per heavy atom. The van der Waals surface area contributed by atoms with Crippen molar-refractivity contribution in [2.45, 2.75) is 6.92 Å². The average molecular weight is 179 g/mol. The van der Waals surface area contributed by atoms with Crippen molar-refractivity contribution >= 4 is 11.6 Å². The molecule has 0 fully saturated rings. The number of methoxy groups -OCH3 is 1. The number of ether oxygens (including phenoxy) is 1. The first-order valence-electron chi connectivity index (χ1n) is 4.08. The zero-order valence-electron chi connectivity index (χ0n) is 7.83. The number of carbonyl (C=O) groups excluding carboxylic acids is 1. The van der Waals surface area contributed by atoms with Crippen LogP contribution in [-0.2, 0) is 9.53 Å². The summed E-state index contributed by atoms with van der Waals surface area (Å²) in [5.41, 5.74) is 1.97. The van der Waals surface area contributed by atoms with Crippen molar-refractivity contribution in [1.82, 2.24) is 0 Å². The lowest BCUT2D eigenvalue weighted by atomic mass is 10.2. The van der Waals surface area contributed by atoms with Gasteiger partial charge in [0, 0.05) is 12.8 Å². The summed E-state index contributed by atoms with van der Waals surface area (Å²) < 4.78 is 4.69. The van der Waals surface area contributed by atoms with Crippen LogP contribution in [0.3, 0.4) is 0 Å². The Morgan fingerprint density at radius 1 is 1.38 bits per heavy atom. The second kappa shape index (κ2) is 4.62. The normalized spacial score (nSPS) is 9.69. The van der Waals surface area contributed by atoms with Gasteiger partial charge in [0.25, 0.3) is 0 Å². The quantitative estimate of drug-likeness (QED) is 0.765. The Labute approximate surface area is 77.7 Å². The molecule has 1 amide bonds. The molecule has 0 aliphatic rings. The van der Waals surface area contributed by atoms with E-state index in [1.807, 2.05) is 31.2 Å². The van der Waals surface area contributed by atoms with Crippen LogP contribution in [0.4, 0.5) is 5.69 Å². The lowest BCUT2D eigenvalue weighted by Gasteiger charge is -2.03. The fourth-order valence-electron chi connectivity index (χ4n) is 0.965. The molecule has 0 aliphatic carbocycles. The Balaban J connectivity index is 2.54. The summed E-state index contributed by atoms with van der Waals surface area (Å²) in [5, 5.41) is 2.71. The highest BCUT2D eigenvalue weighted by Gasteiger charge is 1.99. The van der Waals surface area contributed by atoms with E-state index in [-0.39, 0.29) is 12.5 Å². The molecule has 1 rings (SSSR count). The maximum atomic E-state index is 11.1. The van der Waals surface area contributed by atoms with Gasteiger partial charge in [-0.15, -0.1) is 0 Å². The van der Waals surface area contributed by atoms with Gasteiger partial charge in [0.05, 0.1) is 0 Å². The number of aryl methyl sites for hydroxylation is 1. The number of hydrogen-bond donors (Lipinski definition) is 1. The Morgan fingerprint density at radius 3 is 2.54 bits per heavy atom. The summed E-state index contributed by atoms with van der Waals surface area (Å²) in [7, 11) is 1.49. The molecule has 0 radical (unpaired) electrons. The van der Waals surface area contributed by atoms with Gasteiger partial charge in [-0.2, -0.15) is 0 Å². The molecule has 1 aromatic rings. The first-order chi connectivity index (χ1) is 6.22. The van der Waals surface area contributed by atoms with Gasteiger partial charge < -0.3 is 10.1 Å². The molecule has 0 saturated heterocycles. The fourth-order valence-corrected chi connectivity index (χ4v) is 0.965. The molecule has 0 spiro atoms. The van der Waals surface area contributed by atoms with Crippen LogP contribution >= 0.6 is 0 Å². The summed E-state index contributed by atoms with van der Waals surface area (Å²) in [6, 6.07) is 7.62. The molecule has 70 valence electrons. The predicted molar refractivity (Wildman–Crippen MR) is 51.7 cm³/mol. The van der Waals surface area contributed by atoms with Gasteiger partial charge in [0.2, 0.25) is 5.91 Å². The number of amides is 1. The van der Waals surface area contributed by atoms with E-state index >= 15 is 0 Å². The molecule has 13 heavy (non-hydrogen) atoms. The fraction of sp³-hybridized carbons (Fsp3) is 0.300. The second-order valence-corrected chi connectivity index (χ2v) is 2.85. The monoisotopic (exact) mass is 179 g/mol. The number of carbonyl (C=O) groups is 1. The summed E-state index contributed by atoms with van der Waals surface area (Å²) in [6.45, 7) is 2.09. The molecule has 3 nitrogen and oxygen atoms in total. The highest BCUT2D eigenvalue weighted by atomic mass is 16.5. The van der Waals surface area contributed by atoms with Gasteiger partial charge in [-0.3, -0.25) is 4.79 Å². The van der Waals surface area contributed by atoms with Crippen molar-refractivity contribution in [3.8, 4) is 0 Å². The minimum Gasteiger partial charge on any atom is -0.375 e. The number of benzene rings is 1. The number of anilines is 1. The van der Waals surface area contributed by atoms with Crippen LogP contribution in [0.2, 0.25) is 0 Å². The van der Waals surface area contributed by atoms with Crippen LogP contribution in [0.1, 0.15) is 5.56 Å². The molecule has 0 aliphatic heterocycles. The van der Waals surface area contributed by atoms with E-state index in [9.17, 15) is 4.79 Å². The maximum absolute atomic E-state index is 11.1. The highest BCUT2D eigenvalue weighted by molar-refractivity contribution is 5.91. The van der Waals surface area contributed by atoms with Crippen molar-refractivity contribution in [2.24, 2.45) is 0 Å². The average Bonchev–Trinajstić information content (AvgIpc) is 2.09. The first-order valence-corrected chi connectivity index (χ1v) is 4.08. The van der Waals surface area contributed by atoms with E-state index in [0.29, 0.717) is 0 Å². The summed E-state index contributed by atoms with van der Waals surface area (Å²) >= 11 is 0. The standard InChI is InChI=1S/C10H13NO2/c1-8-3-5-9(6-4-8)11-10(12)7-13-2/h3-6H,7H2,1-2H3,(H,11,12). The minimum absolute atomic E-state index is 0.0911. The van der Waals surface area contributed by atoms with E-state index < -0.39 is 0 Å². The molecule has 3 heteroatoms. The molecule has 0 heterocycles. The van der Waals surface area contributed by atoms with Gasteiger partial charge in [-0.25, -0.2) is 0 Å².